The second kappa shape index (κ2) is 7.03. The Labute approximate surface area is 142 Å². The first kappa shape index (κ1) is 18.6. The predicted octanol–water partition coefficient (Wildman–Crippen LogP) is 1.40. The van der Waals surface area contributed by atoms with Crippen LogP contribution >= 0.6 is 0 Å². The van der Waals surface area contributed by atoms with Gasteiger partial charge in [0.25, 0.3) is 10.1 Å². The van der Waals surface area contributed by atoms with Crippen LogP contribution in [0.15, 0.2) is 23.1 Å². The lowest BCUT2D eigenvalue weighted by Crippen LogP contribution is -2.58. The molecule has 7 heteroatoms. The molecule has 0 aromatic heterocycles. The average Bonchev–Trinajstić information content (AvgIpc) is 2.91. The van der Waals surface area contributed by atoms with E-state index in [1.807, 2.05) is 20.1 Å². The molecule has 1 unspecified atom stereocenters. The smallest absolute Gasteiger partial charge is 0.303 e. The quantitative estimate of drug-likeness (QED) is 0.688. The fourth-order valence-electron chi connectivity index (χ4n) is 2.94. The fourth-order valence-corrected chi connectivity index (χ4v) is 4.07. The van der Waals surface area contributed by atoms with Crippen molar-refractivity contribution in [2.45, 2.75) is 57.5 Å². The van der Waals surface area contributed by atoms with Gasteiger partial charge in [0.1, 0.15) is 6.21 Å². The van der Waals surface area contributed by atoms with Crippen molar-refractivity contribution in [2.24, 2.45) is 5.41 Å². The maximum atomic E-state index is 12.4. The third-order valence-electron chi connectivity index (χ3n) is 4.09. The molecular weight excluding hydrogens is 330 g/mol. The highest BCUT2D eigenvalue weighted by Crippen LogP contribution is 2.31. The maximum absolute atomic E-state index is 12.4. The van der Waals surface area contributed by atoms with E-state index < -0.39 is 22.2 Å². The molecule has 0 amide bonds. The van der Waals surface area contributed by atoms with Crippen molar-refractivity contribution in [1.82, 2.24) is 0 Å². The molecular formula is C17H24NO5S+. The molecule has 24 heavy (non-hydrogen) atoms. The summed E-state index contributed by atoms with van der Waals surface area (Å²) in [7, 11) is -3.84. The standard InChI is InChI=1S/C17H23NO5S/c1-12(11-17(2,3)8-6-16(19)20)23-24(21,22)14-4-5-15-13(10-14)7-9-18-15/h4-5,9-10,12H,6-8,11H2,1-3H3,(H,19,20)/p+1. The van der Waals surface area contributed by atoms with Crippen LogP contribution in [0.5, 0.6) is 0 Å². The molecule has 1 aromatic carbocycles. The van der Waals surface area contributed by atoms with E-state index in [2.05, 4.69) is 4.99 Å². The topological polar surface area (TPSA) is 94.6 Å². The Morgan fingerprint density at radius 3 is 2.79 bits per heavy atom. The number of aliphatic carboxylic acids is 1. The lowest BCUT2D eigenvalue weighted by molar-refractivity contribution is -0.343. The molecule has 1 atom stereocenters. The largest absolute Gasteiger partial charge is 0.481 e. The zero-order valence-electron chi connectivity index (χ0n) is 14.2. The first-order chi connectivity index (χ1) is 11.1. The van der Waals surface area contributed by atoms with Crippen LogP contribution in [-0.2, 0) is 25.5 Å². The van der Waals surface area contributed by atoms with E-state index in [0.29, 0.717) is 19.3 Å². The number of hydrogen-bond donors (Lipinski definition) is 2. The highest BCUT2D eigenvalue weighted by atomic mass is 32.2. The number of carboxylic acids is 1. The lowest BCUT2D eigenvalue weighted by atomic mass is 9.82. The number of benzene rings is 1. The molecule has 1 aromatic rings. The van der Waals surface area contributed by atoms with E-state index in [0.717, 1.165) is 11.3 Å². The molecule has 6 nitrogen and oxygen atoms in total. The first-order valence-corrected chi connectivity index (χ1v) is 9.36. The molecule has 0 spiro atoms. The van der Waals surface area contributed by atoms with E-state index >= 15 is 0 Å². The van der Waals surface area contributed by atoms with Crippen LogP contribution in [0.1, 0.15) is 45.6 Å². The van der Waals surface area contributed by atoms with Gasteiger partial charge in [-0.1, -0.05) is 13.8 Å². The van der Waals surface area contributed by atoms with Gasteiger partial charge in [-0.25, -0.2) is 4.99 Å². The summed E-state index contributed by atoms with van der Waals surface area (Å²) >= 11 is 0. The van der Waals surface area contributed by atoms with Crippen molar-refractivity contribution in [1.29, 1.82) is 0 Å². The van der Waals surface area contributed by atoms with Crippen molar-refractivity contribution < 1.29 is 27.5 Å². The van der Waals surface area contributed by atoms with Crippen molar-refractivity contribution in [3.05, 3.63) is 23.8 Å². The third-order valence-corrected chi connectivity index (χ3v) is 5.50. The second-order valence-corrected chi connectivity index (χ2v) is 8.57. The molecule has 2 rings (SSSR count). The fraction of sp³-hybridized carbons (Fsp3) is 0.529. The van der Waals surface area contributed by atoms with Crippen LogP contribution < -0.4 is 4.99 Å². The highest BCUT2D eigenvalue weighted by molar-refractivity contribution is 7.86. The SMILES string of the molecule is CC(CC(C)(C)CCC(=O)O)OS(=O)(=O)c1ccc2c(c1)CC=[NH+]2. The number of hydrogen-bond acceptors (Lipinski definition) is 4. The van der Waals surface area contributed by atoms with E-state index in [-0.39, 0.29) is 16.7 Å². The van der Waals surface area contributed by atoms with Crippen LogP contribution in [0, 0.1) is 5.41 Å². The van der Waals surface area contributed by atoms with E-state index in [9.17, 15) is 13.2 Å². The zero-order valence-corrected chi connectivity index (χ0v) is 15.0. The zero-order chi connectivity index (χ0) is 18.0. The number of rotatable bonds is 8. The molecule has 0 radical (unpaired) electrons. The molecule has 0 bridgehead atoms. The minimum atomic E-state index is -3.84. The van der Waals surface area contributed by atoms with Crippen LogP contribution in [0.25, 0.3) is 0 Å². The monoisotopic (exact) mass is 354 g/mol. The average molecular weight is 354 g/mol. The van der Waals surface area contributed by atoms with Crippen molar-refractivity contribution in [3.63, 3.8) is 0 Å². The van der Waals surface area contributed by atoms with Crippen molar-refractivity contribution in [2.75, 3.05) is 0 Å². The van der Waals surface area contributed by atoms with E-state index in [4.69, 9.17) is 9.29 Å². The Hall–Kier alpha value is -1.73. The van der Waals surface area contributed by atoms with E-state index in [1.165, 1.54) is 6.07 Å². The Balaban J connectivity index is 2.02. The lowest BCUT2D eigenvalue weighted by Gasteiger charge is -2.27. The summed E-state index contributed by atoms with van der Waals surface area (Å²) in [4.78, 5) is 13.9. The van der Waals surface area contributed by atoms with Gasteiger partial charge >= 0.3 is 5.97 Å². The molecule has 0 saturated heterocycles. The summed E-state index contributed by atoms with van der Waals surface area (Å²) in [6.45, 7) is 5.53. The Morgan fingerprint density at radius 2 is 2.12 bits per heavy atom. The van der Waals surface area contributed by atoms with Crippen LogP contribution in [-0.4, -0.2) is 31.8 Å². The van der Waals surface area contributed by atoms with Gasteiger partial charge in [0.05, 0.1) is 17.4 Å². The minimum Gasteiger partial charge on any atom is -0.481 e. The van der Waals surface area contributed by atoms with Gasteiger partial charge in [0.15, 0.2) is 0 Å². The predicted molar refractivity (Wildman–Crippen MR) is 89.8 cm³/mol. The summed E-state index contributed by atoms with van der Waals surface area (Å²) in [5.74, 6) is -0.854. The number of carbonyl (C=O) groups is 1. The van der Waals surface area contributed by atoms with Crippen LogP contribution in [0.2, 0.25) is 0 Å². The highest BCUT2D eigenvalue weighted by Gasteiger charge is 2.27. The number of nitrogens with one attached hydrogen (secondary N) is 1. The minimum absolute atomic E-state index is 0.0563. The van der Waals surface area contributed by atoms with E-state index in [1.54, 1.807) is 19.1 Å². The van der Waals surface area contributed by atoms with Gasteiger partial charge in [-0.3, -0.25) is 8.98 Å². The van der Waals surface area contributed by atoms with Crippen LogP contribution in [0.3, 0.4) is 0 Å². The number of carboxylic acid groups (broad SMARTS) is 1. The van der Waals surface area contributed by atoms with Gasteiger partial charge < -0.3 is 5.11 Å². The molecule has 0 aliphatic carbocycles. The van der Waals surface area contributed by atoms with Gasteiger partial charge in [-0.15, -0.1) is 0 Å². The Kier molecular flexibility index (Phi) is 5.45. The summed E-state index contributed by atoms with van der Waals surface area (Å²) < 4.78 is 30.2. The molecule has 132 valence electrons. The third kappa shape index (κ3) is 4.88. The van der Waals surface area contributed by atoms with Gasteiger partial charge in [0, 0.05) is 18.1 Å². The van der Waals surface area contributed by atoms with Crippen LogP contribution in [0.4, 0.5) is 5.69 Å². The molecule has 1 aliphatic heterocycles. The normalized spacial score (nSPS) is 15.3. The summed E-state index contributed by atoms with van der Waals surface area (Å²) in [6, 6.07) is 4.89. The molecule has 0 saturated carbocycles. The van der Waals surface area contributed by atoms with Crippen molar-refractivity contribution >= 4 is 28.0 Å². The Morgan fingerprint density at radius 1 is 1.42 bits per heavy atom. The summed E-state index contributed by atoms with van der Waals surface area (Å²) in [6.07, 6.45) is 3.00. The summed E-state index contributed by atoms with van der Waals surface area (Å²) in [5, 5.41) is 8.79. The molecule has 1 heterocycles. The summed E-state index contributed by atoms with van der Waals surface area (Å²) in [5.41, 5.74) is 1.52. The first-order valence-electron chi connectivity index (χ1n) is 7.95. The molecule has 0 fully saturated rings. The second-order valence-electron chi connectivity index (χ2n) is 6.99. The van der Waals surface area contributed by atoms with Gasteiger partial charge in [-0.05, 0) is 37.3 Å². The molecule has 1 aliphatic rings. The maximum Gasteiger partial charge on any atom is 0.303 e. The van der Waals surface area contributed by atoms with Gasteiger partial charge in [0.2, 0.25) is 5.69 Å². The Bertz CT molecular complexity index is 752. The molecule has 2 N–H and O–H groups in total. The van der Waals surface area contributed by atoms with Crippen molar-refractivity contribution in [3.8, 4) is 0 Å². The number of fused-ring (bicyclic) bond motifs is 1. The van der Waals surface area contributed by atoms with Gasteiger partial charge in [-0.2, -0.15) is 8.42 Å².